The molecule has 0 radical (unpaired) electrons. The van der Waals surface area contributed by atoms with Crippen molar-refractivity contribution >= 4 is 11.5 Å². The second-order valence-electron chi connectivity index (χ2n) is 6.34. The fourth-order valence-corrected chi connectivity index (χ4v) is 3.97. The molecule has 110 valence electrons. The van der Waals surface area contributed by atoms with Gasteiger partial charge in [0.15, 0.2) is 5.65 Å². The molecule has 1 fully saturated rings. The van der Waals surface area contributed by atoms with Gasteiger partial charge < -0.3 is 5.32 Å². The number of nitrogens with zero attached hydrogens (tertiary/aromatic N) is 5. The topological polar surface area (TPSA) is 68.0 Å². The maximum Gasteiger partial charge on any atom is 0.200 e. The first-order valence-corrected chi connectivity index (χ1v) is 7.73. The fraction of sp³-hybridized carbons (Fsp3) is 0.375. The van der Waals surface area contributed by atoms with E-state index in [1.54, 1.807) is 11.1 Å². The first-order valence-electron chi connectivity index (χ1n) is 7.73. The Morgan fingerprint density at radius 3 is 3.18 bits per heavy atom. The summed E-state index contributed by atoms with van der Waals surface area (Å²) in [5.41, 5.74) is 4.20. The SMILES string of the molecule is c1ccc2c(c1)CCC21CC1CNc1ccc2nnnn2n1. The Balaban J connectivity index is 1.32. The number of aryl methyl sites for hydroxylation is 1. The molecular weight excluding hydrogens is 276 g/mol. The van der Waals surface area contributed by atoms with Gasteiger partial charge in [0.05, 0.1) is 0 Å². The van der Waals surface area contributed by atoms with Gasteiger partial charge in [-0.2, -0.15) is 0 Å². The smallest absolute Gasteiger partial charge is 0.200 e. The molecule has 2 heterocycles. The Bertz CT molecular complexity index is 856. The number of benzene rings is 1. The minimum atomic E-state index is 0.419. The number of fused-ring (bicyclic) bond motifs is 3. The van der Waals surface area contributed by atoms with Crippen molar-refractivity contribution in [2.24, 2.45) is 5.92 Å². The largest absolute Gasteiger partial charge is 0.368 e. The summed E-state index contributed by atoms with van der Waals surface area (Å²) in [6.07, 6.45) is 3.80. The van der Waals surface area contributed by atoms with Crippen LogP contribution in [0.15, 0.2) is 36.4 Å². The van der Waals surface area contributed by atoms with E-state index < -0.39 is 0 Å². The number of hydrogen-bond acceptors (Lipinski definition) is 5. The van der Waals surface area contributed by atoms with Crippen molar-refractivity contribution in [1.29, 1.82) is 0 Å². The van der Waals surface area contributed by atoms with Crippen molar-refractivity contribution in [1.82, 2.24) is 25.3 Å². The minimum absolute atomic E-state index is 0.419. The van der Waals surface area contributed by atoms with Crippen LogP contribution >= 0.6 is 0 Å². The quantitative estimate of drug-likeness (QED) is 0.797. The maximum atomic E-state index is 4.36. The average molecular weight is 292 g/mol. The molecule has 6 heteroatoms. The molecule has 2 atom stereocenters. The molecule has 5 rings (SSSR count). The van der Waals surface area contributed by atoms with Gasteiger partial charge in [-0.05, 0) is 58.9 Å². The molecule has 2 aliphatic carbocycles. The van der Waals surface area contributed by atoms with Gasteiger partial charge in [-0.25, -0.2) is 0 Å². The highest BCUT2D eigenvalue weighted by Crippen LogP contribution is 2.61. The summed E-state index contributed by atoms with van der Waals surface area (Å²) >= 11 is 0. The predicted octanol–water partition coefficient (Wildman–Crippen LogP) is 1.84. The zero-order valence-electron chi connectivity index (χ0n) is 12.1. The van der Waals surface area contributed by atoms with Crippen LogP contribution in [0, 0.1) is 5.92 Å². The van der Waals surface area contributed by atoms with Crippen LogP contribution in [0.4, 0.5) is 5.82 Å². The van der Waals surface area contributed by atoms with Crippen LogP contribution in [-0.2, 0) is 11.8 Å². The van der Waals surface area contributed by atoms with E-state index in [4.69, 9.17) is 0 Å². The second-order valence-corrected chi connectivity index (χ2v) is 6.34. The summed E-state index contributed by atoms with van der Waals surface area (Å²) in [6.45, 7) is 0.953. The molecular formula is C16H16N6. The summed E-state index contributed by atoms with van der Waals surface area (Å²) in [5.74, 6) is 1.52. The number of rotatable bonds is 3. The Kier molecular flexibility index (Phi) is 2.34. The van der Waals surface area contributed by atoms with Crippen LogP contribution in [0.3, 0.4) is 0 Å². The lowest BCUT2D eigenvalue weighted by Gasteiger charge is -2.12. The molecule has 3 aromatic rings. The highest BCUT2D eigenvalue weighted by Gasteiger charge is 2.57. The molecule has 0 saturated heterocycles. The van der Waals surface area contributed by atoms with Crippen LogP contribution < -0.4 is 5.32 Å². The van der Waals surface area contributed by atoms with E-state index in [1.165, 1.54) is 23.9 Å². The third kappa shape index (κ3) is 1.66. The molecule has 2 aliphatic rings. The van der Waals surface area contributed by atoms with Crippen LogP contribution in [-0.4, -0.2) is 31.8 Å². The Morgan fingerprint density at radius 1 is 1.23 bits per heavy atom. The van der Waals surface area contributed by atoms with Gasteiger partial charge in [0, 0.05) is 12.0 Å². The number of nitrogens with one attached hydrogen (secondary N) is 1. The molecule has 1 spiro atoms. The summed E-state index contributed by atoms with van der Waals surface area (Å²) in [4.78, 5) is 0. The van der Waals surface area contributed by atoms with Crippen molar-refractivity contribution in [3.8, 4) is 0 Å². The van der Waals surface area contributed by atoms with Crippen molar-refractivity contribution in [3.63, 3.8) is 0 Å². The summed E-state index contributed by atoms with van der Waals surface area (Å²) < 4.78 is 1.45. The lowest BCUT2D eigenvalue weighted by atomic mass is 9.95. The Labute approximate surface area is 127 Å². The van der Waals surface area contributed by atoms with Crippen LogP contribution in [0.25, 0.3) is 5.65 Å². The summed E-state index contributed by atoms with van der Waals surface area (Å²) in [7, 11) is 0. The van der Waals surface area contributed by atoms with E-state index in [0.717, 1.165) is 12.4 Å². The maximum absolute atomic E-state index is 4.36. The monoisotopic (exact) mass is 292 g/mol. The predicted molar refractivity (Wildman–Crippen MR) is 81.6 cm³/mol. The Morgan fingerprint density at radius 2 is 2.18 bits per heavy atom. The molecule has 0 amide bonds. The van der Waals surface area contributed by atoms with Gasteiger partial charge in [0.25, 0.3) is 0 Å². The fourth-order valence-electron chi connectivity index (χ4n) is 3.97. The number of anilines is 1. The summed E-state index contributed by atoms with van der Waals surface area (Å²) in [5, 5.41) is 19.1. The molecule has 0 aliphatic heterocycles. The second kappa shape index (κ2) is 4.25. The normalized spacial score (nSPS) is 25.5. The molecule has 2 unspecified atom stereocenters. The zero-order valence-corrected chi connectivity index (χ0v) is 12.1. The molecule has 6 nitrogen and oxygen atoms in total. The molecule has 22 heavy (non-hydrogen) atoms. The van der Waals surface area contributed by atoms with Gasteiger partial charge >= 0.3 is 0 Å². The minimum Gasteiger partial charge on any atom is -0.368 e. The third-order valence-electron chi connectivity index (χ3n) is 5.23. The molecule has 0 bridgehead atoms. The van der Waals surface area contributed by atoms with Gasteiger partial charge in [0.2, 0.25) is 0 Å². The van der Waals surface area contributed by atoms with E-state index in [1.807, 2.05) is 12.1 Å². The standard InChI is InChI=1S/C16H16N6/c1-2-4-13-11(3-1)7-8-16(13)9-12(16)10-17-14-5-6-15-18-20-21-22(15)19-14/h1-6,12H,7-10H2,(H,17,19). The van der Waals surface area contributed by atoms with E-state index >= 15 is 0 Å². The van der Waals surface area contributed by atoms with E-state index in [2.05, 4.69) is 50.2 Å². The van der Waals surface area contributed by atoms with Gasteiger partial charge in [-0.15, -0.1) is 14.8 Å². The molecule has 1 N–H and O–H groups in total. The molecule has 2 aromatic heterocycles. The number of aromatic nitrogens is 5. The third-order valence-corrected chi connectivity index (χ3v) is 5.23. The molecule has 1 aromatic carbocycles. The van der Waals surface area contributed by atoms with Gasteiger partial charge in [0.1, 0.15) is 5.82 Å². The number of hydrogen-bond donors (Lipinski definition) is 1. The van der Waals surface area contributed by atoms with Crippen LogP contribution in [0.2, 0.25) is 0 Å². The van der Waals surface area contributed by atoms with E-state index in [9.17, 15) is 0 Å². The van der Waals surface area contributed by atoms with Crippen molar-refractivity contribution < 1.29 is 0 Å². The highest BCUT2D eigenvalue weighted by atomic mass is 15.6. The lowest BCUT2D eigenvalue weighted by Crippen LogP contribution is -2.14. The van der Waals surface area contributed by atoms with E-state index in [0.29, 0.717) is 17.0 Å². The first kappa shape index (κ1) is 12.1. The Hall–Kier alpha value is -2.50. The van der Waals surface area contributed by atoms with E-state index in [-0.39, 0.29) is 0 Å². The summed E-state index contributed by atoms with van der Waals surface area (Å²) in [6, 6.07) is 12.7. The van der Waals surface area contributed by atoms with Crippen LogP contribution in [0.1, 0.15) is 24.0 Å². The molecule has 1 saturated carbocycles. The zero-order chi connectivity index (χ0) is 14.6. The van der Waals surface area contributed by atoms with Crippen molar-refractivity contribution in [2.45, 2.75) is 24.7 Å². The lowest BCUT2D eigenvalue weighted by molar-refractivity contribution is 0.608. The average Bonchev–Trinajstić information content (AvgIpc) is 2.90. The van der Waals surface area contributed by atoms with Crippen molar-refractivity contribution in [2.75, 3.05) is 11.9 Å². The van der Waals surface area contributed by atoms with Crippen LogP contribution in [0.5, 0.6) is 0 Å². The highest BCUT2D eigenvalue weighted by molar-refractivity contribution is 5.47. The first-order chi connectivity index (χ1) is 10.9. The van der Waals surface area contributed by atoms with Gasteiger partial charge in [-0.1, -0.05) is 24.3 Å². The number of tetrazole rings is 1. The van der Waals surface area contributed by atoms with Crippen molar-refractivity contribution in [3.05, 3.63) is 47.5 Å². The van der Waals surface area contributed by atoms with Gasteiger partial charge in [-0.3, -0.25) is 0 Å².